The molecular formula is C30H23N. The third-order valence-electron chi connectivity index (χ3n) is 6.30. The highest BCUT2D eigenvalue weighted by molar-refractivity contribution is 5.87. The molecule has 1 unspecified atom stereocenters. The van der Waals surface area contributed by atoms with Crippen LogP contribution in [0.15, 0.2) is 127 Å². The molecule has 0 fully saturated rings. The second kappa shape index (κ2) is 8.09. The predicted molar refractivity (Wildman–Crippen MR) is 126 cm³/mol. The van der Waals surface area contributed by atoms with Gasteiger partial charge in [-0.3, -0.25) is 0 Å². The van der Waals surface area contributed by atoms with Crippen LogP contribution in [0.3, 0.4) is 0 Å². The molecule has 0 amide bonds. The molecule has 0 heterocycles. The van der Waals surface area contributed by atoms with E-state index >= 15 is 0 Å². The Morgan fingerprint density at radius 3 is 1.55 bits per heavy atom. The van der Waals surface area contributed by atoms with Crippen LogP contribution in [0, 0.1) is 11.3 Å². The number of benzene rings is 4. The zero-order valence-corrected chi connectivity index (χ0v) is 17.3. The predicted octanol–water partition coefficient (Wildman–Crippen LogP) is 7.14. The fraction of sp³-hybridized carbons (Fsp3) is 0.100. The minimum Gasteiger partial charge on any atom is -0.197 e. The standard InChI is InChI=1S/C30H23N/c31-22-30(26-19-11-4-12-20-26,28-21-27(28)23-13-5-1-6-14-23)29(24-15-7-2-8-16-24)25-17-9-3-10-18-25/h1-20,29H,21H2. The van der Waals surface area contributed by atoms with Gasteiger partial charge in [-0.1, -0.05) is 121 Å². The molecule has 0 saturated carbocycles. The van der Waals surface area contributed by atoms with Crippen LogP contribution < -0.4 is 0 Å². The quantitative estimate of drug-likeness (QED) is 0.339. The largest absolute Gasteiger partial charge is 0.197 e. The molecule has 0 aliphatic heterocycles. The number of rotatable bonds is 6. The highest BCUT2D eigenvalue weighted by Gasteiger charge is 2.51. The summed E-state index contributed by atoms with van der Waals surface area (Å²) >= 11 is 0. The van der Waals surface area contributed by atoms with Crippen molar-refractivity contribution in [2.45, 2.75) is 17.8 Å². The maximum Gasteiger partial charge on any atom is 0.115 e. The Labute approximate surface area is 183 Å². The number of nitriles is 1. The lowest BCUT2D eigenvalue weighted by molar-refractivity contribution is 0.571. The Kier molecular flexibility index (Phi) is 4.98. The molecule has 0 radical (unpaired) electrons. The van der Waals surface area contributed by atoms with Crippen LogP contribution in [0.2, 0.25) is 0 Å². The van der Waals surface area contributed by atoms with Gasteiger partial charge < -0.3 is 0 Å². The molecule has 5 rings (SSSR count). The molecule has 31 heavy (non-hydrogen) atoms. The Morgan fingerprint density at radius 2 is 1.06 bits per heavy atom. The van der Waals surface area contributed by atoms with Crippen LogP contribution in [-0.4, -0.2) is 0 Å². The summed E-state index contributed by atoms with van der Waals surface area (Å²) in [5, 5.41) is 10.9. The highest BCUT2D eigenvalue weighted by atomic mass is 14.5. The smallest absolute Gasteiger partial charge is 0.115 e. The Balaban J connectivity index is 1.80. The van der Waals surface area contributed by atoms with E-state index in [4.69, 9.17) is 0 Å². The molecule has 1 atom stereocenters. The lowest BCUT2D eigenvalue weighted by atomic mass is 9.64. The van der Waals surface area contributed by atoms with Crippen LogP contribution in [-0.2, 0) is 5.41 Å². The van der Waals surface area contributed by atoms with Gasteiger partial charge in [0, 0.05) is 5.92 Å². The summed E-state index contributed by atoms with van der Waals surface area (Å²) in [7, 11) is 0. The van der Waals surface area contributed by atoms with Crippen LogP contribution in [0.5, 0.6) is 0 Å². The van der Waals surface area contributed by atoms with Gasteiger partial charge in [0.1, 0.15) is 5.41 Å². The fourth-order valence-electron chi connectivity index (χ4n) is 4.82. The summed E-state index contributed by atoms with van der Waals surface area (Å²) in [6.45, 7) is 0. The second-order valence-electron chi connectivity index (χ2n) is 8.04. The fourth-order valence-corrected chi connectivity index (χ4v) is 4.82. The SMILES string of the molecule is N#CC(C1=C(c2ccccc2)C1)(c1ccccc1)C(c1ccccc1)c1ccccc1. The zero-order chi connectivity index (χ0) is 21.1. The average molecular weight is 398 g/mol. The molecule has 0 bridgehead atoms. The van der Waals surface area contributed by atoms with E-state index < -0.39 is 5.41 Å². The topological polar surface area (TPSA) is 23.8 Å². The van der Waals surface area contributed by atoms with E-state index in [1.165, 1.54) is 16.7 Å². The van der Waals surface area contributed by atoms with Crippen molar-refractivity contribution in [1.82, 2.24) is 0 Å². The van der Waals surface area contributed by atoms with Crippen LogP contribution in [0.1, 0.15) is 34.6 Å². The number of nitrogens with zero attached hydrogens (tertiary/aromatic N) is 1. The Hall–Kier alpha value is -3.89. The van der Waals surface area contributed by atoms with E-state index in [2.05, 4.69) is 91.0 Å². The monoisotopic (exact) mass is 397 g/mol. The summed E-state index contributed by atoms with van der Waals surface area (Å²) < 4.78 is 0. The highest BCUT2D eigenvalue weighted by Crippen LogP contribution is 2.58. The summed E-state index contributed by atoms with van der Waals surface area (Å²) in [6.07, 6.45) is 0.864. The van der Waals surface area contributed by atoms with E-state index in [1.807, 2.05) is 36.4 Å². The Morgan fingerprint density at radius 1 is 0.613 bits per heavy atom. The molecule has 4 aromatic carbocycles. The lowest BCUT2D eigenvalue weighted by Gasteiger charge is -2.35. The van der Waals surface area contributed by atoms with Gasteiger partial charge in [-0.25, -0.2) is 0 Å². The summed E-state index contributed by atoms with van der Waals surface area (Å²) in [6, 6.07) is 44.6. The second-order valence-corrected chi connectivity index (χ2v) is 8.04. The average Bonchev–Trinajstić information content (AvgIpc) is 3.66. The molecule has 1 nitrogen and oxygen atoms in total. The van der Waals surface area contributed by atoms with Crippen molar-refractivity contribution >= 4 is 5.57 Å². The van der Waals surface area contributed by atoms with Crippen LogP contribution in [0.4, 0.5) is 0 Å². The van der Waals surface area contributed by atoms with E-state index in [1.54, 1.807) is 0 Å². The van der Waals surface area contributed by atoms with Gasteiger partial charge in [0.15, 0.2) is 0 Å². The van der Waals surface area contributed by atoms with Gasteiger partial charge in [-0.05, 0) is 39.8 Å². The van der Waals surface area contributed by atoms with Gasteiger partial charge >= 0.3 is 0 Å². The van der Waals surface area contributed by atoms with Crippen molar-refractivity contribution in [3.05, 3.63) is 149 Å². The van der Waals surface area contributed by atoms with Crippen LogP contribution in [0.25, 0.3) is 5.57 Å². The molecule has 1 aliphatic carbocycles. The first-order chi connectivity index (χ1) is 15.3. The maximum absolute atomic E-state index is 10.9. The molecule has 0 spiro atoms. The van der Waals surface area contributed by atoms with Crippen molar-refractivity contribution in [3.63, 3.8) is 0 Å². The van der Waals surface area contributed by atoms with Gasteiger partial charge in [-0.15, -0.1) is 0 Å². The van der Waals surface area contributed by atoms with Crippen molar-refractivity contribution in [1.29, 1.82) is 5.26 Å². The van der Waals surface area contributed by atoms with Crippen LogP contribution >= 0.6 is 0 Å². The van der Waals surface area contributed by atoms with Gasteiger partial charge in [0.05, 0.1) is 6.07 Å². The van der Waals surface area contributed by atoms with E-state index in [9.17, 15) is 5.26 Å². The molecular weight excluding hydrogens is 374 g/mol. The van der Waals surface area contributed by atoms with E-state index in [-0.39, 0.29) is 5.92 Å². The molecule has 0 N–H and O–H groups in total. The molecule has 0 saturated heterocycles. The molecule has 1 aliphatic rings. The van der Waals surface area contributed by atoms with Gasteiger partial charge in [-0.2, -0.15) is 5.26 Å². The minimum atomic E-state index is -0.769. The van der Waals surface area contributed by atoms with E-state index in [0.29, 0.717) is 0 Å². The zero-order valence-electron chi connectivity index (χ0n) is 17.3. The van der Waals surface area contributed by atoms with Gasteiger partial charge in [0.2, 0.25) is 0 Å². The number of allylic oxidation sites excluding steroid dienone is 2. The first kappa shape index (κ1) is 19.1. The van der Waals surface area contributed by atoms with Crippen molar-refractivity contribution < 1.29 is 0 Å². The molecule has 0 aromatic heterocycles. The normalized spacial score (nSPS) is 14.7. The van der Waals surface area contributed by atoms with Gasteiger partial charge in [0.25, 0.3) is 0 Å². The molecule has 1 heteroatoms. The van der Waals surface area contributed by atoms with Crippen molar-refractivity contribution in [2.24, 2.45) is 0 Å². The summed E-state index contributed by atoms with van der Waals surface area (Å²) in [4.78, 5) is 0. The molecule has 4 aromatic rings. The summed E-state index contributed by atoms with van der Waals surface area (Å²) in [5.74, 6) is -0.0986. The Bertz CT molecular complexity index is 1200. The first-order valence-corrected chi connectivity index (χ1v) is 10.7. The third kappa shape index (κ3) is 3.37. The number of hydrogen-bond donors (Lipinski definition) is 0. The maximum atomic E-state index is 10.9. The third-order valence-corrected chi connectivity index (χ3v) is 6.30. The lowest BCUT2D eigenvalue weighted by Crippen LogP contribution is -2.33. The number of hydrogen-bond acceptors (Lipinski definition) is 1. The minimum absolute atomic E-state index is 0.0986. The van der Waals surface area contributed by atoms with Crippen molar-refractivity contribution in [3.8, 4) is 6.07 Å². The van der Waals surface area contributed by atoms with E-state index in [0.717, 1.165) is 23.1 Å². The van der Waals surface area contributed by atoms with Crippen molar-refractivity contribution in [2.75, 3.05) is 0 Å². The molecule has 148 valence electrons. The summed E-state index contributed by atoms with van der Waals surface area (Å²) in [5.41, 5.74) is 6.34. The first-order valence-electron chi connectivity index (χ1n) is 10.7.